The fourth-order valence-corrected chi connectivity index (χ4v) is 1.63. The molecule has 4 nitrogen and oxygen atoms in total. The maximum atomic E-state index is 13.5. The third kappa shape index (κ3) is 4.31. The lowest BCUT2D eigenvalue weighted by atomic mass is 10.1. The van der Waals surface area contributed by atoms with Gasteiger partial charge in [0.05, 0.1) is 12.6 Å². The van der Waals surface area contributed by atoms with E-state index in [2.05, 4.69) is 4.99 Å². The molecular formula is C13H16F2N2O2. The highest BCUT2D eigenvalue weighted by atomic mass is 19.1. The Labute approximate surface area is 110 Å². The minimum absolute atomic E-state index is 0.0198. The number of halogens is 2. The quantitative estimate of drug-likeness (QED) is 0.507. The van der Waals surface area contributed by atoms with Crippen molar-refractivity contribution in [2.45, 2.75) is 26.3 Å². The lowest BCUT2D eigenvalue weighted by Crippen LogP contribution is -2.20. The third-order valence-electron chi connectivity index (χ3n) is 2.41. The van der Waals surface area contributed by atoms with E-state index in [-0.39, 0.29) is 24.4 Å². The summed E-state index contributed by atoms with van der Waals surface area (Å²) < 4.78 is 31.7. The van der Waals surface area contributed by atoms with Crippen molar-refractivity contribution in [1.82, 2.24) is 0 Å². The number of hydrogen-bond acceptors (Lipinski definition) is 3. The standard InChI is InChI=1S/C13H16F2N2O2/c1-3-19-12(18)7-11(16)17-8(2)13-9(14)5-4-6-10(13)15/h4-6,8H,3,7H2,1-2H3,(H2,16,17)/t8-/m0/s1. The van der Waals surface area contributed by atoms with Gasteiger partial charge in [-0.25, -0.2) is 8.78 Å². The Kier molecular flexibility index (Phi) is 5.41. The largest absolute Gasteiger partial charge is 0.466 e. The Morgan fingerprint density at radius 3 is 2.53 bits per heavy atom. The van der Waals surface area contributed by atoms with E-state index < -0.39 is 23.6 Å². The number of carbonyl (C=O) groups excluding carboxylic acids is 1. The predicted molar refractivity (Wildman–Crippen MR) is 67.6 cm³/mol. The number of ether oxygens (including phenoxy) is 1. The zero-order valence-electron chi connectivity index (χ0n) is 10.8. The molecule has 1 aromatic carbocycles. The van der Waals surface area contributed by atoms with E-state index in [1.165, 1.54) is 13.0 Å². The second kappa shape index (κ2) is 6.82. The van der Waals surface area contributed by atoms with Gasteiger partial charge in [0.25, 0.3) is 0 Å². The van der Waals surface area contributed by atoms with E-state index in [1.54, 1.807) is 6.92 Å². The summed E-state index contributed by atoms with van der Waals surface area (Å²) in [4.78, 5) is 15.1. The summed E-state index contributed by atoms with van der Waals surface area (Å²) >= 11 is 0. The molecule has 0 saturated heterocycles. The van der Waals surface area contributed by atoms with Gasteiger partial charge in [0.15, 0.2) is 0 Å². The molecule has 2 N–H and O–H groups in total. The Morgan fingerprint density at radius 1 is 1.42 bits per heavy atom. The lowest BCUT2D eigenvalue weighted by molar-refractivity contribution is -0.141. The van der Waals surface area contributed by atoms with E-state index in [1.807, 2.05) is 0 Å². The van der Waals surface area contributed by atoms with Crippen LogP contribution in [0.5, 0.6) is 0 Å². The number of benzene rings is 1. The topological polar surface area (TPSA) is 64.7 Å². The number of nitrogens with zero attached hydrogens (tertiary/aromatic N) is 1. The van der Waals surface area contributed by atoms with E-state index in [0.29, 0.717) is 0 Å². The molecule has 0 unspecified atom stereocenters. The molecule has 0 spiro atoms. The van der Waals surface area contributed by atoms with Crippen LogP contribution in [0.3, 0.4) is 0 Å². The second-order valence-corrected chi connectivity index (χ2v) is 3.91. The van der Waals surface area contributed by atoms with Gasteiger partial charge in [-0.05, 0) is 26.0 Å². The van der Waals surface area contributed by atoms with Crippen LogP contribution in [-0.2, 0) is 9.53 Å². The van der Waals surface area contributed by atoms with E-state index >= 15 is 0 Å². The van der Waals surface area contributed by atoms with Crippen molar-refractivity contribution in [3.8, 4) is 0 Å². The molecule has 0 radical (unpaired) electrons. The van der Waals surface area contributed by atoms with Crippen LogP contribution in [-0.4, -0.2) is 18.4 Å². The molecule has 0 aliphatic rings. The first kappa shape index (κ1) is 15.1. The first-order valence-corrected chi connectivity index (χ1v) is 5.87. The summed E-state index contributed by atoms with van der Waals surface area (Å²) in [5, 5.41) is 0. The highest BCUT2D eigenvalue weighted by Gasteiger charge is 2.16. The lowest BCUT2D eigenvalue weighted by Gasteiger charge is -2.10. The van der Waals surface area contributed by atoms with E-state index in [9.17, 15) is 13.6 Å². The Morgan fingerprint density at radius 2 is 2.00 bits per heavy atom. The van der Waals surface area contributed by atoms with Crippen LogP contribution in [0.1, 0.15) is 31.9 Å². The maximum absolute atomic E-state index is 13.5. The average molecular weight is 270 g/mol. The molecule has 0 aliphatic carbocycles. The Hall–Kier alpha value is -1.98. The minimum atomic E-state index is -0.810. The average Bonchev–Trinajstić information content (AvgIpc) is 2.28. The third-order valence-corrected chi connectivity index (χ3v) is 2.41. The number of hydrogen-bond donors (Lipinski definition) is 1. The first-order valence-electron chi connectivity index (χ1n) is 5.87. The SMILES string of the molecule is CCOC(=O)CC(N)=N[C@@H](C)c1c(F)cccc1F. The zero-order chi connectivity index (χ0) is 14.4. The molecule has 0 aromatic heterocycles. The van der Waals surface area contributed by atoms with Crippen molar-refractivity contribution in [3.63, 3.8) is 0 Å². The number of rotatable bonds is 5. The molecule has 0 saturated carbocycles. The molecule has 104 valence electrons. The number of carbonyl (C=O) groups is 1. The van der Waals surface area contributed by atoms with Gasteiger partial charge in [-0.15, -0.1) is 0 Å². The summed E-state index contributed by atoms with van der Waals surface area (Å²) in [5.74, 6) is -1.93. The van der Waals surface area contributed by atoms with Crippen LogP contribution in [0.4, 0.5) is 8.78 Å². The number of amidine groups is 1. The van der Waals surface area contributed by atoms with Crippen LogP contribution < -0.4 is 5.73 Å². The summed E-state index contributed by atoms with van der Waals surface area (Å²) in [6.07, 6.45) is -0.200. The highest BCUT2D eigenvalue weighted by Crippen LogP contribution is 2.23. The van der Waals surface area contributed by atoms with Gasteiger partial charge in [-0.1, -0.05) is 6.07 Å². The van der Waals surface area contributed by atoms with Crippen LogP contribution in [0.2, 0.25) is 0 Å². The molecule has 1 atom stereocenters. The molecule has 0 aliphatic heterocycles. The molecule has 1 rings (SSSR count). The second-order valence-electron chi connectivity index (χ2n) is 3.91. The number of esters is 1. The van der Waals surface area contributed by atoms with Crippen LogP contribution in [0.25, 0.3) is 0 Å². The first-order chi connectivity index (χ1) is 8.95. The van der Waals surface area contributed by atoms with Crippen LogP contribution >= 0.6 is 0 Å². The van der Waals surface area contributed by atoms with Crippen molar-refractivity contribution >= 4 is 11.8 Å². The smallest absolute Gasteiger partial charge is 0.313 e. The summed E-state index contributed by atoms with van der Waals surface area (Å²) in [7, 11) is 0. The number of aliphatic imine (C=N–C) groups is 1. The summed E-state index contributed by atoms with van der Waals surface area (Å²) in [5.41, 5.74) is 5.38. The van der Waals surface area contributed by atoms with Gasteiger partial charge in [0, 0.05) is 5.56 Å². The summed E-state index contributed by atoms with van der Waals surface area (Å²) in [6.45, 7) is 3.41. The molecular weight excluding hydrogens is 254 g/mol. The van der Waals surface area contributed by atoms with Crippen molar-refractivity contribution in [2.75, 3.05) is 6.61 Å². The number of nitrogens with two attached hydrogens (primary N) is 1. The highest BCUT2D eigenvalue weighted by molar-refractivity contribution is 5.96. The zero-order valence-corrected chi connectivity index (χ0v) is 10.8. The Bertz CT molecular complexity index is 469. The maximum Gasteiger partial charge on any atom is 0.313 e. The van der Waals surface area contributed by atoms with E-state index in [4.69, 9.17) is 10.5 Å². The van der Waals surface area contributed by atoms with Gasteiger partial charge >= 0.3 is 5.97 Å². The molecule has 6 heteroatoms. The fraction of sp³-hybridized carbons (Fsp3) is 0.385. The van der Waals surface area contributed by atoms with E-state index in [0.717, 1.165) is 12.1 Å². The van der Waals surface area contributed by atoms with Crippen molar-refractivity contribution in [1.29, 1.82) is 0 Å². The molecule has 0 fully saturated rings. The fourth-order valence-electron chi connectivity index (χ4n) is 1.63. The van der Waals surface area contributed by atoms with Crippen molar-refractivity contribution < 1.29 is 18.3 Å². The summed E-state index contributed by atoms with van der Waals surface area (Å²) in [6, 6.07) is 2.75. The molecule has 1 aromatic rings. The van der Waals surface area contributed by atoms with Crippen LogP contribution in [0.15, 0.2) is 23.2 Å². The van der Waals surface area contributed by atoms with Gasteiger partial charge < -0.3 is 10.5 Å². The van der Waals surface area contributed by atoms with Gasteiger partial charge in [0.2, 0.25) is 0 Å². The molecule has 0 bridgehead atoms. The normalized spacial score (nSPS) is 13.2. The molecule has 0 amide bonds. The van der Waals surface area contributed by atoms with Crippen LogP contribution in [0, 0.1) is 11.6 Å². The predicted octanol–water partition coefficient (Wildman–Crippen LogP) is 2.34. The van der Waals surface area contributed by atoms with Gasteiger partial charge in [-0.3, -0.25) is 9.79 Å². The van der Waals surface area contributed by atoms with Gasteiger partial charge in [0.1, 0.15) is 23.9 Å². The van der Waals surface area contributed by atoms with Gasteiger partial charge in [-0.2, -0.15) is 0 Å². The monoisotopic (exact) mass is 270 g/mol. The molecule has 19 heavy (non-hydrogen) atoms. The Balaban J connectivity index is 2.83. The van der Waals surface area contributed by atoms with Crippen molar-refractivity contribution in [2.24, 2.45) is 10.7 Å². The van der Waals surface area contributed by atoms with Crippen molar-refractivity contribution in [3.05, 3.63) is 35.4 Å². The minimum Gasteiger partial charge on any atom is -0.466 e. The molecule has 0 heterocycles.